The van der Waals surface area contributed by atoms with Gasteiger partial charge in [-0.05, 0) is 11.1 Å². The molecule has 3 nitrogen and oxygen atoms in total. The first kappa shape index (κ1) is 13.4. The van der Waals surface area contributed by atoms with Crippen molar-refractivity contribution < 1.29 is 14.3 Å². The lowest BCUT2D eigenvalue weighted by atomic mass is 10.1. The molecule has 0 N–H and O–H groups in total. The molecule has 0 unspecified atom stereocenters. The van der Waals surface area contributed by atoms with Crippen LogP contribution in [-0.2, 0) is 11.3 Å². The predicted molar refractivity (Wildman–Crippen MR) is 76.5 cm³/mol. The molecule has 0 aliphatic rings. The molecule has 0 saturated carbocycles. The average molecular weight is 274 g/mol. The van der Waals surface area contributed by atoms with E-state index in [2.05, 4.69) is 6.58 Å². The van der Waals surface area contributed by atoms with Crippen molar-refractivity contribution in [2.45, 2.75) is 6.61 Å². The van der Waals surface area contributed by atoms with Crippen LogP contribution < -0.4 is 4.74 Å². The number of carbonyl (C=O) groups excluding carboxylic acids is 1. The van der Waals surface area contributed by atoms with Gasteiger partial charge in [0.15, 0.2) is 5.06 Å². The monoisotopic (exact) mass is 274 g/mol. The maximum Gasteiger partial charge on any atom is 0.339 e. The number of methoxy groups -OCH3 is 1. The van der Waals surface area contributed by atoms with Gasteiger partial charge in [-0.2, -0.15) is 0 Å². The molecule has 19 heavy (non-hydrogen) atoms. The Morgan fingerprint density at radius 1 is 1.37 bits per heavy atom. The number of thiophene rings is 1. The first-order valence-corrected chi connectivity index (χ1v) is 6.62. The van der Waals surface area contributed by atoms with Crippen molar-refractivity contribution in [3.8, 4) is 5.06 Å². The van der Waals surface area contributed by atoms with Gasteiger partial charge in [-0.3, -0.25) is 0 Å². The molecule has 1 aromatic heterocycles. The lowest BCUT2D eigenvalue weighted by Crippen LogP contribution is -2.03. The molecule has 0 radical (unpaired) electrons. The molecule has 0 atom stereocenters. The molecule has 1 aromatic carbocycles. The molecule has 0 aliphatic heterocycles. The van der Waals surface area contributed by atoms with Gasteiger partial charge in [0.1, 0.15) is 6.61 Å². The second-order valence-electron chi connectivity index (χ2n) is 3.88. The molecule has 0 aliphatic carbocycles. The summed E-state index contributed by atoms with van der Waals surface area (Å²) in [4.78, 5) is 11.8. The van der Waals surface area contributed by atoms with E-state index in [4.69, 9.17) is 9.47 Å². The summed E-state index contributed by atoms with van der Waals surface area (Å²) < 4.78 is 10.3. The Labute approximate surface area is 116 Å². The number of benzene rings is 1. The minimum atomic E-state index is -0.340. The molecule has 0 bridgehead atoms. The summed E-state index contributed by atoms with van der Waals surface area (Å²) in [5.41, 5.74) is 2.50. The van der Waals surface area contributed by atoms with Gasteiger partial charge in [0, 0.05) is 11.4 Å². The zero-order chi connectivity index (χ0) is 13.7. The SMILES string of the molecule is C=Cc1ccc(COC(=O)c2csc(OC)c2)cc1. The molecular weight excluding hydrogens is 260 g/mol. The van der Waals surface area contributed by atoms with E-state index in [0.717, 1.165) is 11.1 Å². The molecule has 0 fully saturated rings. The van der Waals surface area contributed by atoms with Gasteiger partial charge >= 0.3 is 5.97 Å². The van der Waals surface area contributed by atoms with E-state index in [1.54, 1.807) is 24.6 Å². The second-order valence-corrected chi connectivity index (χ2v) is 4.75. The highest BCUT2D eigenvalue weighted by Gasteiger charge is 2.10. The minimum absolute atomic E-state index is 0.258. The maximum absolute atomic E-state index is 11.8. The second kappa shape index (κ2) is 6.20. The number of rotatable bonds is 5. The molecule has 98 valence electrons. The van der Waals surface area contributed by atoms with Gasteiger partial charge in [-0.15, -0.1) is 11.3 Å². The zero-order valence-corrected chi connectivity index (χ0v) is 11.4. The molecule has 4 heteroatoms. The Morgan fingerprint density at radius 3 is 2.68 bits per heavy atom. The lowest BCUT2D eigenvalue weighted by Gasteiger charge is -2.04. The van der Waals surface area contributed by atoms with Crippen LogP contribution in [-0.4, -0.2) is 13.1 Å². The van der Waals surface area contributed by atoms with Crippen LogP contribution in [0.2, 0.25) is 0 Å². The van der Waals surface area contributed by atoms with Gasteiger partial charge in [0.25, 0.3) is 0 Å². The maximum atomic E-state index is 11.8. The Morgan fingerprint density at radius 2 is 2.11 bits per heavy atom. The lowest BCUT2D eigenvalue weighted by molar-refractivity contribution is 0.0473. The molecule has 0 spiro atoms. The summed E-state index contributed by atoms with van der Waals surface area (Å²) in [6, 6.07) is 9.37. The van der Waals surface area contributed by atoms with Crippen LogP contribution in [0, 0.1) is 0 Å². The van der Waals surface area contributed by atoms with Crippen molar-refractivity contribution in [3.63, 3.8) is 0 Å². The number of hydrogen-bond donors (Lipinski definition) is 0. The summed E-state index contributed by atoms with van der Waals surface area (Å²) in [5.74, 6) is -0.340. The van der Waals surface area contributed by atoms with Crippen molar-refractivity contribution in [2.75, 3.05) is 7.11 Å². The third kappa shape index (κ3) is 3.45. The van der Waals surface area contributed by atoms with E-state index in [0.29, 0.717) is 10.6 Å². The standard InChI is InChI=1S/C15H14O3S/c1-3-11-4-6-12(7-5-11)9-18-15(16)13-8-14(17-2)19-10-13/h3-8,10H,1,9H2,2H3. The van der Waals surface area contributed by atoms with Crippen LogP contribution in [0.15, 0.2) is 42.3 Å². The van der Waals surface area contributed by atoms with Gasteiger partial charge in [-0.25, -0.2) is 4.79 Å². The molecule has 2 aromatic rings. The zero-order valence-electron chi connectivity index (χ0n) is 10.6. The smallest absolute Gasteiger partial charge is 0.339 e. The van der Waals surface area contributed by atoms with Gasteiger partial charge in [-0.1, -0.05) is 36.9 Å². The summed E-state index contributed by atoms with van der Waals surface area (Å²) in [6.45, 7) is 3.95. The minimum Gasteiger partial charge on any atom is -0.487 e. The van der Waals surface area contributed by atoms with Gasteiger partial charge < -0.3 is 9.47 Å². The predicted octanol–water partition coefficient (Wildman–Crippen LogP) is 3.76. The molecule has 0 saturated heterocycles. The molecule has 2 rings (SSSR count). The van der Waals surface area contributed by atoms with Gasteiger partial charge in [0.2, 0.25) is 0 Å². The fraction of sp³-hybridized carbons (Fsp3) is 0.133. The van der Waals surface area contributed by atoms with Crippen LogP contribution in [0.4, 0.5) is 0 Å². The Bertz CT molecular complexity index is 569. The topological polar surface area (TPSA) is 35.5 Å². The van der Waals surface area contributed by atoms with E-state index in [1.165, 1.54) is 11.3 Å². The van der Waals surface area contributed by atoms with Crippen molar-refractivity contribution in [1.82, 2.24) is 0 Å². The number of carbonyl (C=O) groups is 1. The quantitative estimate of drug-likeness (QED) is 0.779. The molecule has 0 amide bonds. The Kier molecular flexibility index (Phi) is 4.36. The summed E-state index contributed by atoms with van der Waals surface area (Å²) >= 11 is 1.37. The van der Waals surface area contributed by atoms with E-state index < -0.39 is 0 Å². The van der Waals surface area contributed by atoms with Crippen molar-refractivity contribution in [3.05, 3.63) is 59.0 Å². The average Bonchev–Trinajstić information content (AvgIpc) is 2.94. The third-order valence-electron chi connectivity index (χ3n) is 2.60. The van der Waals surface area contributed by atoms with Crippen LogP contribution in [0.25, 0.3) is 6.08 Å². The Balaban J connectivity index is 1.93. The van der Waals surface area contributed by atoms with E-state index in [9.17, 15) is 4.79 Å². The highest BCUT2D eigenvalue weighted by Crippen LogP contribution is 2.23. The fourth-order valence-corrected chi connectivity index (χ4v) is 2.21. The number of hydrogen-bond acceptors (Lipinski definition) is 4. The highest BCUT2D eigenvalue weighted by atomic mass is 32.1. The Hall–Kier alpha value is -2.07. The fourth-order valence-electron chi connectivity index (χ4n) is 1.51. The van der Waals surface area contributed by atoms with Crippen molar-refractivity contribution >= 4 is 23.4 Å². The van der Waals surface area contributed by atoms with Crippen LogP contribution in [0.5, 0.6) is 5.06 Å². The van der Waals surface area contributed by atoms with Crippen LogP contribution in [0.3, 0.4) is 0 Å². The number of esters is 1. The van der Waals surface area contributed by atoms with E-state index in [1.807, 2.05) is 24.3 Å². The van der Waals surface area contributed by atoms with E-state index in [-0.39, 0.29) is 12.6 Å². The summed E-state index contributed by atoms with van der Waals surface area (Å²) in [5, 5.41) is 2.42. The first-order valence-electron chi connectivity index (χ1n) is 5.74. The van der Waals surface area contributed by atoms with Crippen LogP contribution in [0.1, 0.15) is 21.5 Å². The highest BCUT2D eigenvalue weighted by molar-refractivity contribution is 7.12. The summed E-state index contributed by atoms with van der Waals surface area (Å²) in [6.07, 6.45) is 1.77. The normalized spacial score (nSPS) is 9.95. The van der Waals surface area contributed by atoms with Gasteiger partial charge in [0.05, 0.1) is 12.7 Å². The van der Waals surface area contributed by atoms with E-state index >= 15 is 0 Å². The molecular formula is C15H14O3S. The first-order chi connectivity index (χ1) is 9.22. The third-order valence-corrected chi connectivity index (χ3v) is 3.49. The van der Waals surface area contributed by atoms with Crippen molar-refractivity contribution in [1.29, 1.82) is 0 Å². The van der Waals surface area contributed by atoms with Crippen molar-refractivity contribution in [2.24, 2.45) is 0 Å². The largest absolute Gasteiger partial charge is 0.487 e. The molecule has 1 heterocycles. The van der Waals surface area contributed by atoms with Crippen LogP contribution >= 0.6 is 11.3 Å². The number of ether oxygens (including phenoxy) is 2. The summed E-state index contributed by atoms with van der Waals surface area (Å²) in [7, 11) is 1.57.